The molecule has 1 heterocycles. The molecule has 0 amide bonds. The van der Waals surface area contributed by atoms with Crippen molar-refractivity contribution in [1.29, 1.82) is 0 Å². The molecule has 3 aliphatic carbocycles. The van der Waals surface area contributed by atoms with E-state index in [1.165, 1.54) is 18.2 Å². The SMILES string of the molecule is O=C(OC1C2CC3C1OC(=O)C3C2C(=O)Oc1ccc(S(=O)(=O)O)c(C2CCCCC2)c1)c1cc(I)c(I)c(I)c1I. The number of benzene rings is 2. The maximum Gasteiger partial charge on any atom is 0.339 e. The van der Waals surface area contributed by atoms with Gasteiger partial charge >= 0.3 is 17.9 Å². The van der Waals surface area contributed by atoms with Crippen LogP contribution in [0.3, 0.4) is 0 Å². The molecule has 6 rings (SSSR count). The topological polar surface area (TPSA) is 133 Å². The van der Waals surface area contributed by atoms with E-state index < -0.39 is 58.0 Å². The lowest BCUT2D eigenvalue weighted by atomic mass is 9.78. The molecule has 2 aromatic carbocycles. The average molecular weight is 1040 g/mol. The van der Waals surface area contributed by atoms with Gasteiger partial charge in [-0.05, 0) is 145 Å². The van der Waals surface area contributed by atoms with Gasteiger partial charge in [-0.15, -0.1) is 0 Å². The summed E-state index contributed by atoms with van der Waals surface area (Å²) >= 11 is 8.72. The number of hydrogen-bond donors (Lipinski definition) is 1. The van der Waals surface area contributed by atoms with Gasteiger partial charge in [-0.25, -0.2) is 4.79 Å². The summed E-state index contributed by atoms with van der Waals surface area (Å²) in [7, 11) is -4.47. The molecule has 1 aliphatic heterocycles. The van der Waals surface area contributed by atoms with E-state index in [0.717, 1.165) is 46.4 Å². The Balaban J connectivity index is 1.26. The minimum Gasteiger partial charge on any atom is -0.458 e. The van der Waals surface area contributed by atoms with E-state index in [1.54, 1.807) is 6.07 Å². The lowest BCUT2D eigenvalue weighted by Gasteiger charge is -2.30. The van der Waals surface area contributed by atoms with Gasteiger partial charge in [0.25, 0.3) is 10.1 Å². The molecule has 1 N–H and O–H groups in total. The summed E-state index contributed by atoms with van der Waals surface area (Å²) in [6.45, 7) is 0. The van der Waals surface area contributed by atoms with Crippen molar-refractivity contribution in [1.82, 2.24) is 0 Å². The molecule has 2 aromatic rings. The molecule has 0 radical (unpaired) electrons. The summed E-state index contributed by atoms with van der Waals surface area (Å²) in [5.41, 5.74) is 0.848. The molecule has 42 heavy (non-hydrogen) atoms. The van der Waals surface area contributed by atoms with Crippen LogP contribution in [0.25, 0.3) is 0 Å². The maximum atomic E-state index is 13.6. The summed E-state index contributed by atoms with van der Waals surface area (Å²) in [6.07, 6.45) is 3.58. The first-order chi connectivity index (χ1) is 19.9. The minimum atomic E-state index is -4.47. The Morgan fingerprint density at radius 1 is 0.952 bits per heavy atom. The van der Waals surface area contributed by atoms with Gasteiger partial charge in [0.15, 0.2) is 0 Å². The number of fused-ring (bicyclic) bond motifs is 1. The Hall–Kier alpha value is -0.320. The Labute approximate surface area is 297 Å². The van der Waals surface area contributed by atoms with Crippen molar-refractivity contribution in [3.05, 3.63) is 49.7 Å². The summed E-state index contributed by atoms with van der Waals surface area (Å²) < 4.78 is 55.1. The molecule has 0 aromatic heterocycles. The van der Waals surface area contributed by atoms with E-state index >= 15 is 0 Å². The van der Waals surface area contributed by atoms with Crippen molar-refractivity contribution >= 4 is 118 Å². The van der Waals surface area contributed by atoms with Gasteiger partial charge in [-0.3, -0.25) is 14.1 Å². The first-order valence-electron chi connectivity index (χ1n) is 13.4. The zero-order chi connectivity index (χ0) is 30.1. The predicted molar refractivity (Wildman–Crippen MR) is 183 cm³/mol. The fourth-order valence-corrected chi connectivity index (χ4v) is 11.1. The van der Waals surface area contributed by atoms with Crippen LogP contribution >= 0.6 is 90.4 Å². The van der Waals surface area contributed by atoms with Crippen LogP contribution in [0.1, 0.15) is 60.4 Å². The number of halogens is 4. The summed E-state index contributed by atoms with van der Waals surface area (Å²) in [5, 5.41) is 0. The fourth-order valence-electron chi connectivity index (χ4n) is 7.12. The number of carbonyl (C=O) groups excluding carboxylic acids is 3. The smallest absolute Gasteiger partial charge is 0.339 e. The summed E-state index contributed by atoms with van der Waals surface area (Å²) in [5.74, 6) is -3.87. The number of ether oxygens (including phenoxy) is 3. The van der Waals surface area contributed by atoms with Crippen molar-refractivity contribution in [2.75, 3.05) is 0 Å². The van der Waals surface area contributed by atoms with E-state index in [9.17, 15) is 27.4 Å². The van der Waals surface area contributed by atoms with Crippen molar-refractivity contribution in [2.45, 2.75) is 61.5 Å². The Kier molecular flexibility index (Phi) is 9.14. The third-order valence-corrected chi connectivity index (χ3v) is 17.1. The molecular formula is C28H24I4O9S. The third kappa shape index (κ3) is 5.63. The molecule has 224 valence electrons. The molecular weight excluding hydrogens is 1020 g/mol. The number of rotatable bonds is 6. The van der Waals surface area contributed by atoms with E-state index in [0.29, 0.717) is 17.5 Å². The molecule has 0 spiro atoms. The van der Waals surface area contributed by atoms with Gasteiger partial charge < -0.3 is 14.2 Å². The van der Waals surface area contributed by atoms with Crippen LogP contribution in [0.2, 0.25) is 0 Å². The zero-order valence-electron chi connectivity index (χ0n) is 21.7. The highest BCUT2D eigenvalue weighted by atomic mass is 127. The van der Waals surface area contributed by atoms with Crippen molar-refractivity contribution < 1.29 is 41.6 Å². The second-order valence-electron chi connectivity index (χ2n) is 11.2. The van der Waals surface area contributed by atoms with Crippen LogP contribution in [0.5, 0.6) is 5.75 Å². The standard InChI is InChI=1S/C28H24I4O9S/c29-17-10-16(21(30)23(32)22(17)31)26(33)40-24-14-9-15-20(28(35)41-25(15)24)19(14)27(34)39-12-6-7-18(42(36,37)38)13(8-12)11-4-2-1-3-5-11/h6-8,10-11,14-15,19-20,24-25H,1-5,9H2,(H,36,37,38). The van der Waals surface area contributed by atoms with Crippen LogP contribution in [-0.4, -0.2) is 43.1 Å². The Morgan fingerprint density at radius 2 is 1.67 bits per heavy atom. The zero-order valence-corrected chi connectivity index (χ0v) is 31.2. The first kappa shape index (κ1) is 31.7. The largest absolute Gasteiger partial charge is 0.458 e. The van der Waals surface area contributed by atoms with Crippen molar-refractivity contribution in [2.24, 2.45) is 23.7 Å². The highest BCUT2D eigenvalue weighted by Crippen LogP contribution is 2.59. The van der Waals surface area contributed by atoms with Gasteiger partial charge in [0, 0.05) is 26.1 Å². The minimum absolute atomic E-state index is 0.0821. The third-order valence-electron chi connectivity index (χ3n) is 8.91. The Bertz CT molecular complexity index is 1600. The van der Waals surface area contributed by atoms with Gasteiger partial charge in [0.05, 0.1) is 22.3 Å². The molecule has 3 saturated carbocycles. The fraction of sp³-hybridized carbons (Fsp3) is 0.464. The van der Waals surface area contributed by atoms with E-state index in [-0.39, 0.29) is 22.5 Å². The molecule has 2 bridgehead atoms. The number of carbonyl (C=O) groups is 3. The maximum absolute atomic E-state index is 13.6. The predicted octanol–water partition coefficient (Wildman–Crippen LogP) is 6.34. The van der Waals surface area contributed by atoms with Crippen molar-refractivity contribution in [3.63, 3.8) is 0 Å². The van der Waals surface area contributed by atoms with Crippen LogP contribution in [0.15, 0.2) is 29.2 Å². The monoisotopic (exact) mass is 1040 g/mol. The molecule has 4 aliphatic rings. The lowest BCUT2D eigenvalue weighted by molar-refractivity contribution is -0.149. The molecule has 6 unspecified atom stereocenters. The first-order valence-corrected chi connectivity index (χ1v) is 19.2. The molecule has 1 saturated heterocycles. The normalized spacial score (nSPS) is 28.5. The molecule has 9 nitrogen and oxygen atoms in total. The molecule has 6 atom stereocenters. The highest BCUT2D eigenvalue weighted by molar-refractivity contribution is 14.1. The number of esters is 3. The van der Waals surface area contributed by atoms with E-state index in [1.807, 2.05) is 0 Å². The molecule has 4 fully saturated rings. The number of hydrogen-bond acceptors (Lipinski definition) is 8. The quantitative estimate of drug-likeness (QED) is 0.0880. The van der Waals surface area contributed by atoms with Crippen LogP contribution in [-0.2, 0) is 29.2 Å². The second kappa shape index (κ2) is 12.1. The van der Waals surface area contributed by atoms with Crippen LogP contribution in [0, 0.1) is 38.0 Å². The van der Waals surface area contributed by atoms with Gasteiger partial charge in [-0.1, -0.05) is 19.3 Å². The van der Waals surface area contributed by atoms with Crippen LogP contribution in [0.4, 0.5) is 0 Å². The van der Waals surface area contributed by atoms with Gasteiger partial charge in [-0.2, -0.15) is 8.42 Å². The van der Waals surface area contributed by atoms with Gasteiger partial charge in [0.2, 0.25) is 0 Å². The molecule has 14 heteroatoms. The summed E-state index contributed by atoms with van der Waals surface area (Å²) in [6, 6.07) is 5.89. The summed E-state index contributed by atoms with van der Waals surface area (Å²) in [4.78, 5) is 39.7. The average Bonchev–Trinajstić information content (AvgIpc) is 3.57. The Morgan fingerprint density at radius 3 is 2.36 bits per heavy atom. The van der Waals surface area contributed by atoms with E-state index in [4.69, 9.17) is 14.2 Å². The lowest BCUT2D eigenvalue weighted by Crippen LogP contribution is -2.44. The van der Waals surface area contributed by atoms with E-state index in [2.05, 4.69) is 90.4 Å². The second-order valence-corrected chi connectivity index (χ2v) is 17.0. The van der Waals surface area contributed by atoms with Gasteiger partial charge in [0.1, 0.15) is 18.0 Å². The van der Waals surface area contributed by atoms with Crippen molar-refractivity contribution in [3.8, 4) is 5.75 Å². The highest BCUT2D eigenvalue weighted by Gasteiger charge is 2.70. The van der Waals surface area contributed by atoms with Crippen LogP contribution < -0.4 is 4.74 Å².